The predicted molar refractivity (Wildman–Crippen MR) is 75.9 cm³/mol. The van der Waals surface area contributed by atoms with Gasteiger partial charge in [0.25, 0.3) is 0 Å². The number of nitrogens with one attached hydrogen (secondary N) is 1. The minimum atomic E-state index is 0.555. The Morgan fingerprint density at radius 2 is 2.22 bits per heavy atom. The summed E-state index contributed by atoms with van der Waals surface area (Å²) < 4.78 is 5.86. The lowest BCUT2D eigenvalue weighted by molar-refractivity contribution is -0.0558. The third kappa shape index (κ3) is 3.94. The first-order valence-electron chi connectivity index (χ1n) is 7.90. The molecule has 18 heavy (non-hydrogen) atoms. The monoisotopic (exact) mass is 254 g/mol. The SMILES string of the molecule is CCNC(C)CCCCN1CCOC2CCCC21. The maximum Gasteiger partial charge on any atom is 0.0730 e. The van der Waals surface area contributed by atoms with Crippen LogP contribution in [0.3, 0.4) is 0 Å². The topological polar surface area (TPSA) is 24.5 Å². The molecule has 106 valence electrons. The van der Waals surface area contributed by atoms with Gasteiger partial charge in [-0.3, -0.25) is 4.90 Å². The summed E-state index contributed by atoms with van der Waals surface area (Å²) in [6, 6.07) is 1.42. The molecular weight excluding hydrogens is 224 g/mol. The second kappa shape index (κ2) is 7.46. The Morgan fingerprint density at radius 1 is 1.33 bits per heavy atom. The van der Waals surface area contributed by atoms with Gasteiger partial charge in [0.05, 0.1) is 12.7 Å². The van der Waals surface area contributed by atoms with E-state index >= 15 is 0 Å². The summed E-state index contributed by atoms with van der Waals surface area (Å²) in [4.78, 5) is 2.69. The quantitative estimate of drug-likeness (QED) is 0.706. The molecule has 0 aromatic heterocycles. The van der Waals surface area contributed by atoms with E-state index in [0.29, 0.717) is 12.1 Å². The molecule has 0 bridgehead atoms. The zero-order valence-corrected chi connectivity index (χ0v) is 12.2. The summed E-state index contributed by atoms with van der Waals surface area (Å²) >= 11 is 0. The molecule has 1 saturated heterocycles. The third-order valence-electron chi connectivity index (χ3n) is 4.48. The molecule has 3 unspecified atom stereocenters. The highest BCUT2D eigenvalue weighted by Crippen LogP contribution is 2.29. The van der Waals surface area contributed by atoms with Crippen molar-refractivity contribution in [2.75, 3.05) is 26.2 Å². The van der Waals surface area contributed by atoms with E-state index in [4.69, 9.17) is 4.74 Å². The third-order valence-corrected chi connectivity index (χ3v) is 4.48. The van der Waals surface area contributed by atoms with Crippen molar-refractivity contribution in [3.05, 3.63) is 0 Å². The van der Waals surface area contributed by atoms with Gasteiger partial charge in [-0.25, -0.2) is 0 Å². The molecule has 3 nitrogen and oxygen atoms in total. The van der Waals surface area contributed by atoms with E-state index in [1.807, 2.05) is 0 Å². The molecular formula is C15H30N2O. The van der Waals surface area contributed by atoms with Crippen molar-refractivity contribution in [3.8, 4) is 0 Å². The lowest BCUT2D eigenvalue weighted by Gasteiger charge is -2.37. The van der Waals surface area contributed by atoms with Gasteiger partial charge in [0.15, 0.2) is 0 Å². The fourth-order valence-corrected chi connectivity index (χ4v) is 3.50. The van der Waals surface area contributed by atoms with Crippen LogP contribution >= 0.6 is 0 Å². The molecule has 1 saturated carbocycles. The number of rotatable bonds is 7. The second-order valence-electron chi connectivity index (χ2n) is 5.90. The fourth-order valence-electron chi connectivity index (χ4n) is 3.50. The predicted octanol–water partition coefficient (Wildman–Crippen LogP) is 2.41. The number of ether oxygens (including phenoxy) is 1. The summed E-state index contributed by atoms with van der Waals surface area (Å²) in [6.45, 7) is 8.96. The summed E-state index contributed by atoms with van der Waals surface area (Å²) in [7, 11) is 0. The van der Waals surface area contributed by atoms with Crippen LogP contribution in [0.15, 0.2) is 0 Å². The first kappa shape index (κ1) is 14.3. The van der Waals surface area contributed by atoms with Crippen molar-refractivity contribution in [2.45, 2.75) is 70.6 Å². The van der Waals surface area contributed by atoms with Crippen LogP contribution in [0.25, 0.3) is 0 Å². The van der Waals surface area contributed by atoms with Crippen LogP contribution < -0.4 is 5.32 Å². The fraction of sp³-hybridized carbons (Fsp3) is 1.00. The second-order valence-corrected chi connectivity index (χ2v) is 5.90. The van der Waals surface area contributed by atoms with Crippen LogP contribution in [0.1, 0.15) is 52.4 Å². The van der Waals surface area contributed by atoms with E-state index in [0.717, 1.165) is 25.7 Å². The molecule has 0 radical (unpaired) electrons. The van der Waals surface area contributed by atoms with Crippen LogP contribution in [0.2, 0.25) is 0 Å². The summed E-state index contributed by atoms with van der Waals surface area (Å²) in [5.74, 6) is 0. The normalized spacial score (nSPS) is 30.3. The Kier molecular flexibility index (Phi) is 5.93. The smallest absolute Gasteiger partial charge is 0.0730 e. The lowest BCUT2D eigenvalue weighted by Crippen LogP contribution is -2.48. The van der Waals surface area contributed by atoms with Gasteiger partial charge in [-0.05, 0) is 52.1 Å². The van der Waals surface area contributed by atoms with Crippen LogP contribution in [0, 0.1) is 0 Å². The van der Waals surface area contributed by atoms with Crippen molar-refractivity contribution >= 4 is 0 Å². The molecule has 0 spiro atoms. The van der Waals surface area contributed by atoms with Crippen molar-refractivity contribution in [2.24, 2.45) is 0 Å². The minimum Gasteiger partial charge on any atom is -0.375 e. The van der Waals surface area contributed by atoms with Gasteiger partial charge >= 0.3 is 0 Å². The van der Waals surface area contributed by atoms with Gasteiger partial charge in [-0.15, -0.1) is 0 Å². The first-order chi connectivity index (χ1) is 8.81. The van der Waals surface area contributed by atoms with E-state index < -0.39 is 0 Å². The van der Waals surface area contributed by atoms with Crippen molar-refractivity contribution in [1.29, 1.82) is 0 Å². The van der Waals surface area contributed by atoms with E-state index in [9.17, 15) is 0 Å². The van der Waals surface area contributed by atoms with Gasteiger partial charge in [0, 0.05) is 18.6 Å². The van der Waals surface area contributed by atoms with Crippen LogP contribution in [-0.2, 0) is 4.74 Å². The number of nitrogens with zero attached hydrogens (tertiary/aromatic N) is 1. The van der Waals surface area contributed by atoms with E-state index in [1.165, 1.54) is 45.1 Å². The maximum absolute atomic E-state index is 5.86. The zero-order chi connectivity index (χ0) is 12.8. The highest BCUT2D eigenvalue weighted by atomic mass is 16.5. The molecule has 0 amide bonds. The first-order valence-corrected chi connectivity index (χ1v) is 7.90. The molecule has 2 aliphatic rings. The average Bonchev–Trinajstić information content (AvgIpc) is 2.84. The molecule has 3 heteroatoms. The van der Waals surface area contributed by atoms with Crippen molar-refractivity contribution in [1.82, 2.24) is 10.2 Å². The molecule has 3 atom stereocenters. The largest absolute Gasteiger partial charge is 0.375 e. The number of morpholine rings is 1. The zero-order valence-electron chi connectivity index (χ0n) is 12.2. The maximum atomic E-state index is 5.86. The van der Waals surface area contributed by atoms with Crippen molar-refractivity contribution in [3.63, 3.8) is 0 Å². The summed E-state index contributed by atoms with van der Waals surface area (Å²) in [6.07, 6.45) is 8.58. The highest BCUT2D eigenvalue weighted by Gasteiger charge is 2.35. The Morgan fingerprint density at radius 3 is 3.06 bits per heavy atom. The number of unbranched alkanes of at least 4 members (excludes halogenated alkanes) is 1. The Bertz CT molecular complexity index is 235. The standard InChI is InChI=1S/C15H30N2O/c1-3-16-13(2)7-4-5-10-17-11-12-18-15-9-6-8-14(15)17/h13-16H,3-12H2,1-2H3. The van der Waals surface area contributed by atoms with E-state index in [-0.39, 0.29) is 0 Å². The minimum absolute atomic E-state index is 0.555. The van der Waals surface area contributed by atoms with Gasteiger partial charge in [0.2, 0.25) is 0 Å². The number of fused-ring (bicyclic) bond motifs is 1. The molecule has 1 N–H and O–H groups in total. The van der Waals surface area contributed by atoms with Gasteiger partial charge in [-0.2, -0.15) is 0 Å². The van der Waals surface area contributed by atoms with Crippen LogP contribution in [-0.4, -0.2) is 49.3 Å². The van der Waals surface area contributed by atoms with Crippen LogP contribution in [0.5, 0.6) is 0 Å². The summed E-state index contributed by atoms with van der Waals surface area (Å²) in [5.41, 5.74) is 0. The molecule has 0 aromatic carbocycles. The van der Waals surface area contributed by atoms with Crippen molar-refractivity contribution < 1.29 is 4.74 Å². The molecule has 2 rings (SSSR count). The average molecular weight is 254 g/mol. The molecule has 1 heterocycles. The lowest BCUT2D eigenvalue weighted by atomic mass is 10.1. The van der Waals surface area contributed by atoms with Gasteiger partial charge < -0.3 is 10.1 Å². The Hall–Kier alpha value is -0.120. The molecule has 0 aromatic rings. The van der Waals surface area contributed by atoms with E-state index in [2.05, 4.69) is 24.1 Å². The molecule has 1 aliphatic carbocycles. The number of hydrogen-bond acceptors (Lipinski definition) is 3. The molecule has 1 aliphatic heterocycles. The van der Waals surface area contributed by atoms with Gasteiger partial charge in [-0.1, -0.05) is 13.3 Å². The van der Waals surface area contributed by atoms with Gasteiger partial charge in [0.1, 0.15) is 0 Å². The van der Waals surface area contributed by atoms with E-state index in [1.54, 1.807) is 0 Å². The highest BCUT2D eigenvalue weighted by molar-refractivity contribution is 4.89. The molecule has 2 fully saturated rings. The van der Waals surface area contributed by atoms with Crippen LogP contribution in [0.4, 0.5) is 0 Å². The Balaban J connectivity index is 1.61. The summed E-state index contributed by atoms with van der Waals surface area (Å²) in [5, 5.41) is 3.49. The number of hydrogen-bond donors (Lipinski definition) is 1. The Labute approximate surface area is 112 Å².